The third-order valence-electron chi connectivity index (χ3n) is 5.50. The van der Waals surface area contributed by atoms with Crippen molar-refractivity contribution in [3.63, 3.8) is 0 Å². The predicted octanol–water partition coefficient (Wildman–Crippen LogP) is 4.65. The van der Waals surface area contributed by atoms with Crippen LogP contribution in [-0.2, 0) is 13.7 Å². The number of benzene rings is 1. The molecule has 2 N–H and O–H groups in total. The zero-order chi connectivity index (χ0) is 22.6. The third kappa shape index (κ3) is 3.06. The number of alkyl halides is 1. The molecule has 0 aliphatic carbocycles. The second-order valence-electron chi connectivity index (χ2n) is 7.67. The number of aryl methyl sites for hydroxylation is 4. The summed E-state index contributed by atoms with van der Waals surface area (Å²) in [6.07, 6.45) is 0. The van der Waals surface area contributed by atoms with Gasteiger partial charge < -0.3 is 19.6 Å². The summed E-state index contributed by atoms with van der Waals surface area (Å²) in [5, 5.41) is 13.2. The Labute approximate surface area is 182 Å². The first-order valence-electron chi connectivity index (χ1n) is 10.1. The molecule has 0 aliphatic rings. The van der Waals surface area contributed by atoms with Crippen LogP contribution in [0.4, 0.5) is 16.0 Å². The van der Waals surface area contributed by atoms with Gasteiger partial charge >= 0.3 is 0 Å². The molecule has 4 heterocycles. The van der Waals surface area contributed by atoms with E-state index in [0.29, 0.717) is 40.3 Å². The molecule has 0 unspecified atom stereocenters. The number of aromatic nitrogens is 6. The lowest BCUT2D eigenvalue weighted by Crippen LogP contribution is -2.03. The van der Waals surface area contributed by atoms with Gasteiger partial charge in [0, 0.05) is 29.6 Å². The van der Waals surface area contributed by atoms with E-state index in [-0.39, 0.29) is 0 Å². The summed E-state index contributed by atoms with van der Waals surface area (Å²) in [5.74, 6) is 3.22. The number of fused-ring (bicyclic) bond motifs is 3. The normalized spacial score (nSPS) is 11.6. The third-order valence-corrected chi connectivity index (χ3v) is 5.50. The molecule has 0 fully saturated rings. The van der Waals surface area contributed by atoms with Crippen LogP contribution in [0.5, 0.6) is 5.75 Å². The fourth-order valence-electron chi connectivity index (χ4n) is 4.09. The van der Waals surface area contributed by atoms with Crippen molar-refractivity contribution in [2.45, 2.75) is 27.4 Å². The first-order chi connectivity index (χ1) is 15.4. The van der Waals surface area contributed by atoms with Crippen LogP contribution < -0.4 is 10.1 Å². The lowest BCUT2D eigenvalue weighted by molar-refractivity contribution is 0.393. The predicted molar refractivity (Wildman–Crippen MR) is 119 cm³/mol. The highest BCUT2D eigenvalue weighted by molar-refractivity contribution is 6.13. The van der Waals surface area contributed by atoms with E-state index in [2.05, 4.69) is 30.5 Å². The fraction of sp³-hybridized carbons (Fsp3) is 0.273. The van der Waals surface area contributed by atoms with E-state index in [0.717, 1.165) is 33.1 Å². The van der Waals surface area contributed by atoms with Crippen LogP contribution in [0.3, 0.4) is 0 Å². The molecule has 5 rings (SSSR count). The van der Waals surface area contributed by atoms with E-state index < -0.39 is 6.67 Å². The molecule has 4 aromatic heterocycles. The summed E-state index contributed by atoms with van der Waals surface area (Å²) in [7, 11) is 3.38. The summed E-state index contributed by atoms with van der Waals surface area (Å²) in [5.41, 5.74) is 4.46. The Hall–Kier alpha value is -3.95. The number of hydrogen-bond acceptors (Lipinski definition) is 7. The molecule has 9 nitrogen and oxygen atoms in total. The van der Waals surface area contributed by atoms with Crippen LogP contribution in [0.25, 0.3) is 33.1 Å². The van der Waals surface area contributed by atoms with Gasteiger partial charge in [0.1, 0.15) is 41.3 Å². The maximum atomic E-state index is 13.1. The Morgan fingerprint density at radius 1 is 1.19 bits per heavy atom. The highest BCUT2D eigenvalue weighted by atomic mass is 19.1. The van der Waals surface area contributed by atoms with Crippen LogP contribution >= 0.6 is 0 Å². The summed E-state index contributed by atoms with van der Waals surface area (Å²) in [6, 6.07) is 5.62. The van der Waals surface area contributed by atoms with Gasteiger partial charge in [0.25, 0.3) is 0 Å². The van der Waals surface area contributed by atoms with E-state index in [1.807, 2.05) is 32.9 Å². The summed E-state index contributed by atoms with van der Waals surface area (Å²) >= 11 is 0. The van der Waals surface area contributed by atoms with Crippen molar-refractivity contribution >= 4 is 33.6 Å². The van der Waals surface area contributed by atoms with Crippen LogP contribution in [0, 0.1) is 20.8 Å². The van der Waals surface area contributed by atoms with Crippen LogP contribution in [0.2, 0.25) is 0 Å². The van der Waals surface area contributed by atoms with Gasteiger partial charge in [-0.2, -0.15) is 5.10 Å². The maximum Gasteiger partial charge on any atom is 0.145 e. The van der Waals surface area contributed by atoms with E-state index >= 15 is 0 Å². The quantitative estimate of drug-likeness (QED) is 0.414. The van der Waals surface area contributed by atoms with Crippen LogP contribution in [0.1, 0.15) is 23.0 Å². The molecule has 0 amide bonds. The van der Waals surface area contributed by atoms with Crippen LogP contribution in [-0.4, -0.2) is 37.0 Å². The number of nitrogens with zero attached hydrogens (tertiary/aromatic N) is 5. The standard InChI is InChI=1S/C22H22FN7O2/c1-10-19(11(2)32-29-10)15-7-16-14(8-17(15)31-5)20-21(26-16)24-12(3)25-22(20)27-18-6-13(9-23)28-30(18)4/h6-8H,9H2,1-5H3,(H2,24,25,26,27). The molecule has 1 aromatic carbocycles. The Morgan fingerprint density at radius 3 is 2.66 bits per heavy atom. The smallest absolute Gasteiger partial charge is 0.145 e. The molecule has 0 radical (unpaired) electrons. The van der Waals surface area contributed by atoms with Crippen molar-refractivity contribution in [2.75, 3.05) is 12.4 Å². The molecule has 10 heteroatoms. The highest BCUT2D eigenvalue weighted by Gasteiger charge is 2.21. The number of aromatic amines is 1. The number of anilines is 2. The van der Waals surface area contributed by atoms with Gasteiger partial charge in [-0.1, -0.05) is 5.16 Å². The molecule has 0 atom stereocenters. The number of ether oxygens (including phenoxy) is 1. The number of rotatable bonds is 5. The van der Waals surface area contributed by atoms with Crippen molar-refractivity contribution in [3.8, 4) is 16.9 Å². The molecule has 0 saturated heterocycles. The molecule has 0 saturated carbocycles. The van der Waals surface area contributed by atoms with Crippen molar-refractivity contribution in [1.29, 1.82) is 0 Å². The Morgan fingerprint density at radius 2 is 2.00 bits per heavy atom. The zero-order valence-corrected chi connectivity index (χ0v) is 18.4. The summed E-state index contributed by atoms with van der Waals surface area (Å²) in [6.45, 7) is 4.96. The van der Waals surface area contributed by atoms with Gasteiger partial charge in [0.2, 0.25) is 0 Å². The second-order valence-corrected chi connectivity index (χ2v) is 7.67. The number of H-pyrrole nitrogens is 1. The van der Waals surface area contributed by atoms with E-state index in [4.69, 9.17) is 9.26 Å². The summed E-state index contributed by atoms with van der Waals surface area (Å²) < 4.78 is 25.7. The van der Waals surface area contributed by atoms with Gasteiger partial charge in [0.05, 0.1) is 29.4 Å². The summed E-state index contributed by atoms with van der Waals surface area (Å²) in [4.78, 5) is 12.6. The molecule has 0 spiro atoms. The van der Waals surface area contributed by atoms with Crippen LogP contribution in [0.15, 0.2) is 22.7 Å². The number of halogens is 1. The molecule has 0 aliphatic heterocycles. The number of nitrogens with one attached hydrogen (secondary N) is 2. The number of hydrogen-bond donors (Lipinski definition) is 2. The maximum absolute atomic E-state index is 13.1. The van der Waals surface area contributed by atoms with Gasteiger partial charge in [-0.05, 0) is 32.9 Å². The van der Waals surface area contributed by atoms with Crippen molar-refractivity contribution in [1.82, 2.24) is 29.9 Å². The minimum Gasteiger partial charge on any atom is -0.496 e. The van der Waals surface area contributed by atoms with Gasteiger partial charge in [0.15, 0.2) is 0 Å². The average Bonchev–Trinajstić information content (AvgIpc) is 3.41. The highest BCUT2D eigenvalue weighted by Crippen LogP contribution is 2.40. The van der Waals surface area contributed by atoms with Crippen molar-refractivity contribution in [3.05, 3.63) is 41.2 Å². The van der Waals surface area contributed by atoms with Crippen molar-refractivity contribution < 1.29 is 13.7 Å². The molecule has 5 aromatic rings. The van der Waals surface area contributed by atoms with Gasteiger partial charge in [-0.15, -0.1) is 0 Å². The monoisotopic (exact) mass is 435 g/mol. The topological polar surface area (TPSA) is 107 Å². The minimum atomic E-state index is -0.636. The lowest BCUT2D eigenvalue weighted by atomic mass is 10.0. The largest absolute Gasteiger partial charge is 0.496 e. The molecule has 0 bridgehead atoms. The lowest BCUT2D eigenvalue weighted by Gasteiger charge is -2.10. The SMILES string of the molecule is COc1cc2c(cc1-c1c(C)noc1C)[nH]c1nc(C)nc(Nc3cc(CF)nn3C)c12. The Bertz CT molecular complexity index is 1460. The van der Waals surface area contributed by atoms with Crippen molar-refractivity contribution in [2.24, 2.45) is 7.05 Å². The molecular weight excluding hydrogens is 413 g/mol. The fourth-order valence-corrected chi connectivity index (χ4v) is 4.09. The average molecular weight is 435 g/mol. The first-order valence-corrected chi connectivity index (χ1v) is 10.1. The van der Waals surface area contributed by atoms with Gasteiger partial charge in [-0.3, -0.25) is 4.68 Å². The molecule has 32 heavy (non-hydrogen) atoms. The Kier molecular flexibility index (Phi) is 4.58. The van der Waals surface area contributed by atoms with Gasteiger partial charge in [-0.25, -0.2) is 14.4 Å². The Balaban J connectivity index is 1.74. The van der Waals surface area contributed by atoms with E-state index in [1.54, 1.807) is 24.9 Å². The van der Waals surface area contributed by atoms with E-state index in [9.17, 15) is 4.39 Å². The minimum absolute atomic E-state index is 0.349. The molecule has 164 valence electrons. The van der Waals surface area contributed by atoms with E-state index in [1.165, 1.54) is 0 Å². The first kappa shape index (κ1) is 20.0. The number of methoxy groups -OCH3 is 1. The zero-order valence-electron chi connectivity index (χ0n) is 18.4. The molecular formula is C22H22FN7O2. The second kappa shape index (κ2) is 7.33.